The van der Waals surface area contributed by atoms with Crippen LogP contribution in [-0.4, -0.2) is 39.5 Å². The van der Waals surface area contributed by atoms with E-state index in [4.69, 9.17) is 23.2 Å². The highest BCUT2D eigenvalue weighted by Crippen LogP contribution is 2.65. The zero-order chi connectivity index (χ0) is 27.0. The van der Waals surface area contributed by atoms with Crippen LogP contribution in [-0.2, 0) is 24.4 Å². The quantitative estimate of drug-likeness (QED) is 0.388. The monoisotopic (exact) mass is 552 g/mol. The fraction of sp³-hybridized carbons (Fsp3) is 0.407. The number of aromatic nitrogens is 1. The molecule has 5 rings (SSSR count). The van der Waals surface area contributed by atoms with Gasteiger partial charge in [0, 0.05) is 53.6 Å². The van der Waals surface area contributed by atoms with E-state index < -0.39 is 23.6 Å². The summed E-state index contributed by atoms with van der Waals surface area (Å²) >= 11 is 13.2. The SMILES string of the molecule is CC[C@@]12CN(C(=O)c3ccc(Cl)c(Cc4cc5c(C)cc(C(F)(F)F)cc5n4C)c3Cl)C[C@H]1C2C(=O)O. The van der Waals surface area contributed by atoms with Gasteiger partial charge in [0.15, 0.2) is 0 Å². The molecular weight excluding hydrogens is 528 g/mol. The normalized spacial score (nSPS) is 23.0. The highest BCUT2D eigenvalue weighted by Gasteiger charge is 2.71. The standard InChI is InChI=1S/C27H25Cl2F3N2O3/c1-4-26-12-34(11-19(26)22(26)25(36)37)24(35)16-5-6-20(28)18(23(16)29)10-15-9-17-13(2)7-14(27(30,31)32)8-21(17)33(15)3/h5-9,19,22H,4,10-12H2,1-3H3,(H,36,37)/t19-,22?,26+/m0/s1. The molecule has 1 aliphatic heterocycles. The molecule has 2 aliphatic rings. The Morgan fingerprint density at radius 2 is 1.89 bits per heavy atom. The van der Waals surface area contributed by atoms with Crippen molar-refractivity contribution in [1.29, 1.82) is 0 Å². The Kier molecular flexibility index (Phi) is 6.07. The Bertz CT molecular complexity index is 1470. The number of piperidine rings is 1. The maximum Gasteiger partial charge on any atom is 0.416 e. The van der Waals surface area contributed by atoms with Gasteiger partial charge < -0.3 is 14.6 Å². The largest absolute Gasteiger partial charge is 0.481 e. The number of rotatable bonds is 5. The van der Waals surface area contributed by atoms with Crippen molar-refractivity contribution in [3.63, 3.8) is 0 Å². The lowest BCUT2D eigenvalue weighted by molar-refractivity contribution is -0.140. The number of carbonyl (C=O) groups is 2. The first-order valence-electron chi connectivity index (χ1n) is 11.9. The zero-order valence-corrected chi connectivity index (χ0v) is 21.9. The van der Waals surface area contributed by atoms with Gasteiger partial charge in [0.1, 0.15) is 0 Å². The van der Waals surface area contributed by atoms with Crippen molar-refractivity contribution in [2.45, 2.75) is 32.9 Å². The number of hydrogen-bond donors (Lipinski definition) is 1. The lowest BCUT2D eigenvalue weighted by Crippen LogP contribution is -2.35. The van der Waals surface area contributed by atoms with Crippen LogP contribution >= 0.6 is 23.2 Å². The van der Waals surface area contributed by atoms with Gasteiger partial charge in [-0.25, -0.2) is 0 Å². The maximum atomic E-state index is 13.4. The fourth-order valence-electron chi connectivity index (χ4n) is 6.18. The Balaban J connectivity index is 1.46. The summed E-state index contributed by atoms with van der Waals surface area (Å²) in [6.07, 6.45) is -3.57. The van der Waals surface area contributed by atoms with Crippen molar-refractivity contribution in [2.75, 3.05) is 13.1 Å². The molecule has 1 aromatic heterocycles. The summed E-state index contributed by atoms with van der Waals surface area (Å²) in [5.41, 5.74) is 1.32. The van der Waals surface area contributed by atoms with Crippen LogP contribution in [0.15, 0.2) is 30.3 Å². The molecule has 0 bridgehead atoms. The molecule has 3 atom stereocenters. The average molecular weight is 553 g/mol. The highest BCUT2D eigenvalue weighted by atomic mass is 35.5. The number of fused-ring (bicyclic) bond motifs is 2. The first kappa shape index (κ1) is 25.9. The van der Waals surface area contributed by atoms with Gasteiger partial charge in [-0.1, -0.05) is 30.1 Å². The molecule has 0 spiro atoms. The van der Waals surface area contributed by atoms with E-state index in [9.17, 15) is 27.9 Å². The Hall–Kier alpha value is -2.71. The van der Waals surface area contributed by atoms with Crippen molar-refractivity contribution in [3.05, 3.63) is 68.3 Å². The number of carbonyl (C=O) groups excluding carboxylic acids is 1. The molecule has 1 unspecified atom stereocenters. The van der Waals surface area contributed by atoms with Crippen molar-refractivity contribution < 1.29 is 27.9 Å². The number of hydrogen-bond acceptors (Lipinski definition) is 2. The summed E-state index contributed by atoms with van der Waals surface area (Å²) in [6.45, 7) is 4.31. The van der Waals surface area contributed by atoms with Gasteiger partial charge in [-0.2, -0.15) is 13.2 Å². The van der Waals surface area contributed by atoms with Gasteiger partial charge in [0.05, 0.1) is 22.1 Å². The second-order valence-corrected chi connectivity index (χ2v) is 11.0. The second kappa shape index (κ2) is 8.67. The van der Waals surface area contributed by atoms with Gasteiger partial charge in [-0.15, -0.1) is 0 Å². The van der Waals surface area contributed by atoms with Crippen molar-refractivity contribution in [3.8, 4) is 0 Å². The molecule has 0 radical (unpaired) electrons. The molecule has 1 saturated heterocycles. The number of benzene rings is 2. The molecule has 10 heteroatoms. The van der Waals surface area contributed by atoms with Gasteiger partial charge in [-0.3, -0.25) is 9.59 Å². The van der Waals surface area contributed by atoms with E-state index in [-0.39, 0.29) is 34.2 Å². The number of alkyl halides is 3. The smallest absolute Gasteiger partial charge is 0.416 e. The van der Waals surface area contributed by atoms with Crippen LogP contribution in [0.25, 0.3) is 10.9 Å². The molecule has 1 N–H and O–H groups in total. The van der Waals surface area contributed by atoms with Crippen LogP contribution in [0.4, 0.5) is 13.2 Å². The molecule has 1 amide bonds. The molecule has 2 heterocycles. The average Bonchev–Trinajstić information content (AvgIpc) is 3.09. The summed E-state index contributed by atoms with van der Waals surface area (Å²) in [6, 6.07) is 7.23. The topological polar surface area (TPSA) is 62.5 Å². The van der Waals surface area contributed by atoms with Crippen LogP contribution < -0.4 is 0 Å². The third-order valence-corrected chi connectivity index (χ3v) is 9.12. The predicted octanol–water partition coefficient (Wildman–Crippen LogP) is 6.59. The molecule has 5 nitrogen and oxygen atoms in total. The van der Waals surface area contributed by atoms with Crippen LogP contribution in [0.1, 0.15) is 46.1 Å². The molecule has 2 aromatic carbocycles. The van der Waals surface area contributed by atoms with Crippen LogP contribution in [0.2, 0.25) is 10.0 Å². The van der Waals surface area contributed by atoms with Crippen molar-refractivity contribution in [2.24, 2.45) is 24.3 Å². The summed E-state index contributed by atoms with van der Waals surface area (Å²) < 4.78 is 41.8. The number of aryl methyl sites for hydroxylation is 2. The van der Waals surface area contributed by atoms with Crippen LogP contribution in [0, 0.1) is 24.2 Å². The summed E-state index contributed by atoms with van der Waals surface area (Å²) in [7, 11) is 1.69. The second-order valence-electron chi connectivity index (χ2n) is 10.2. The summed E-state index contributed by atoms with van der Waals surface area (Å²) in [4.78, 5) is 26.6. The van der Waals surface area contributed by atoms with E-state index in [2.05, 4.69) is 0 Å². The van der Waals surface area contributed by atoms with Crippen LogP contribution in [0.3, 0.4) is 0 Å². The van der Waals surface area contributed by atoms with E-state index in [1.807, 2.05) is 13.0 Å². The number of nitrogens with zero attached hydrogens (tertiary/aromatic N) is 2. The Labute approximate surface area is 221 Å². The van der Waals surface area contributed by atoms with Gasteiger partial charge >= 0.3 is 12.1 Å². The van der Waals surface area contributed by atoms with Gasteiger partial charge in [-0.05, 0) is 60.7 Å². The highest BCUT2D eigenvalue weighted by molar-refractivity contribution is 6.38. The lowest BCUT2D eigenvalue weighted by atomic mass is 9.99. The fourth-order valence-corrected chi connectivity index (χ4v) is 6.76. The number of carboxylic acid groups (broad SMARTS) is 1. The minimum atomic E-state index is -4.46. The first-order chi connectivity index (χ1) is 17.3. The molecule has 196 valence electrons. The number of amides is 1. The van der Waals surface area contributed by atoms with E-state index in [1.54, 1.807) is 35.6 Å². The van der Waals surface area contributed by atoms with Crippen molar-refractivity contribution in [1.82, 2.24) is 9.47 Å². The van der Waals surface area contributed by atoms with E-state index in [1.165, 1.54) is 0 Å². The molecular formula is C27H25Cl2F3N2O3. The van der Waals surface area contributed by atoms with Crippen LogP contribution in [0.5, 0.6) is 0 Å². The lowest BCUT2D eigenvalue weighted by Gasteiger charge is -2.23. The summed E-state index contributed by atoms with van der Waals surface area (Å²) in [5.74, 6) is -1.59. The number of carboxylic acids is 1. The number of halogens is 5. The maximum absolute atomic E-state index is 13.4. The minimum absolute atomic E-state index is 0.0647. The molecule has 3 aromatic rings. The zero-order valence-electron chi connectivity index (χ0n) is 20.4. The van der Waals surface area contributed by atoms with E-state index in [0.29, 0.717) is 52.3 Å². The first-order valence-corrected chi connectivity index (χ1v) is 12.7. The minimum Gasteiger partial charge on any atom is -0.481 e. The predicted molar refractivity (Wildman–Crippen MR) is 135 cm³/mol. The molecule has 1 aliphatic carbocycles. The Morgan fingerprint density at radius 3 is 2.49 bits per heavy atom. The van der Waals surface area contributed by atoms with Crippen molar-refractivity contribution >= 4 is 46.0 Å². The number of likely N-dealkylation sites (tertiary alicyclic amines) is 1. The summed E-state index contributed by atoms with van der Waals surface area (Å²) in [5, 5.41) is 10.7. The van der Waals surface area contributed by atoms with E-state index >= 15 is 0 Å². The van der Waals surface area contributed by atoms with Gasteiger partial charge in [0.25, 0.3) is 5.91 Å². The number of aliphatic carboxylic acids is 1. The van der Waals surface area contributed by atoms with Gasteiger partial charge in [0.2, 0.25) is 0 Å². The molecule has 2 fully saturated rings. The Morgan fingerprint density at radius 1 is 1.19 bits per heavy atom. The molecule has 37 heavy (non-hydrogen) atoms. The third-order valence-electron chi connectivity index (χ3n) is 8.33. The third kappa shape index (κ3) is 4.00. The van der Waals surface area contributed by atoms with E-state index in [0.717, 1.165) is 12.1 Å². The molecule has 1 saturated carbocycles.